The van der Waals surface area contributed by atoms with Crippen LogP contribution < -0.4 is 15.5 Å². The molecule has 2 amide bonds. The van der Waals surface area contributed by atoms with Crippen molar-refractivity contribution in [2.45, 2.75) is 32.6 Å². The Morgan fingerprint density at radius 3 is 2.68 bits per heavy atom. The van der Waals surface area contributed by atoms with Crippen molar-refractivity contribution in [3.05, 3.63) is 48.4 Å². The van der Waals surface area contributed by atoms with Gasteiger partial charge in [0.05, 0.1) is 24.1 Å². The Balaban J connectivity index is 1.52. The van der Waals surface area contributed by atoms with Gasteiger partial charge in [0.15, 0.2) is 0 Å². The molecule has 2 atom stereocenters. The number of pyridine rings is 2. The van der Waals surface area contributed by atoms with Crippen molar-refractivity contribution in [1.82, 2.24) is 15.3 Å². The Morgan fingerprint density at radius 2 is 2.04 bits per heavy atom. The second-order valence-electron chi connectivity index (χ2n) is 6.24. The van der Waals surface area contributed by atoms with E-state index in [-0.39, 0.29) is 18.2 Å². The Labute approximate surface area is 147 Å². The van der Waals surface area contributed by atoms with Gasteiger partial charge < -0.3 is 20.3 Å². The summed E-state index contributed by atoms with van der Waals surface area (Å²) < 4.78 is 5.74. The van der Waals surface area contributed by atoms with Gasteiger partial charge in [0.1, 0.15) is 5.82 Å². The molecule has 132 valence electrons. The molecule has 0 saturated carbocycles. The van der Waals surface area contributed by atoms with Gasteiger partial charge in [-0.2, -0.15) is 0 Å². The van der Waals surface area contributed by atoms with Crippen LogP contribution in [0.25, 0.3) is 0 Å². The lowest BCUT2D eigenvalue weighted by atomic mass is 10.2. The number of carbonyl (C=O) groups is 1. The molecule has 3 heterocycles. The topological polar surface area (TPSA) is 79.4 Å². The fourth-order valence-electron chi connectivity index (χ4n) is 2.87. The molecule has 0 radical (unpaired) electrons. The van der Waals surface area contributed by atoms with Crippen LogP contribution >= 0.6 is 0 Å². The molecule has 0 bridgehead atoms. The average Bonchev–Trinajstić information content (AvgIpc) is 2.61. The van der Waals surface area contributed by atoms with Crippen molar-refractivity contribution in [3.8, 4) is 0 Å². The predicted molar refractivity (Wildman–Crippen MR) is 96.6 cm³/mol. The zero-order valence-electron chi connectivity index (χ0n) is 14.5. The zero-order valence-corrected chi connectivity index (χ0v) is 14.5. The smallest absolute Gasteiger partial charge is 0.319 e. The monoisotopic (exact) mass is 341 g/mol. The zero-order chi connectivity index (χ0) is 17.6. The number of hydrogen-bond donors (Lipinski definition) is 2. The Kier molecular flexibility index (Phi) is 5.45. The molecule has 1 fully saturated rings. The van der Waals surface area contributed by atoms with Crippen LogP contribution in [0.2, 0.25) is 0 Å². The fraction of sp³-hybridized carbons (Fsp3) is 0.389. The Bertz CT molecular complexity index is 682. The van der Waals surface area contributed by atoms with Crippen LogP contribution in [0.5, 0.6) is 0 Å². The summed E-state index contributed by atoms with van der Waals surface area (Å²) in [6.45, 7) is 6.18. The number of nitrogens with one attached hydrogen (secondary N) is 2. The number of carbonyl (C=O) groups excluding carboxylic acids is 1. The van der Waals surface area contributed by atoms with Crippen molar-refractivity contribution in [3.63, 3.8) is 0 Å². The first-order chi connectivity index (χ1) is 12.1. The van der Waals surface area contributed by atoms with E-state index in [0.717, 1.165) is 24.5 Å². The first kappa shape index (κ1) is 17.2. The van der Waals surface area contributed by atoms with E-state index in [9.17, 15) is 4.79 Å². The lowest BCUT2D eigenvalue weighted by Gasteiger charge is -2.36. The highest BCUT2D eigenvalue weighted by Crippen LogP contribution is 2.19. The molecule has 0 unspecified atom stereocenters. The minimum absolute atomic E-state index is 0.182. The summed E-state index contributed by atoms with van der Waals surface area (Å²) in [6.07, 6.45) is 5.46. The molecule has 1 aliphatic rings. The third-order valence-corrected chi connectivity index (χ3v) is 3.93. The number of rotatable bonds is 4. The van der Waals surface area contributed by atoms with Gasteiger partial charge in [0, 0.05) is 32.0 Å². The molecule has 25 heavy (non-hydrogen) atoms. The molecular weight excluding hydrogens is 318 g/mol. The van der Waals surface area contributed by atoms with Gasteiger partial charge in [-0.15, -0.1) is 0 Å². The number of aromatic nitrogens is 2. The second kappa shape index (κ2) is 7.94. The Morgan fingerprint density at radius 1 is 1.24 bits per heavy atom. The van der Waals surface area contributed by atoms with E-state index in [0.29, 0.717) is 12.2 Å². The highest BCUT2D eigenvalue weighted by Gasteiger charge is 2.22. The van der Waals surface area contributed by atoms with Crippen LogP contribution in [0.3, 0.4) is 0 Å². The minimum Gasteiger partial charge on any atom is -0.372 e. The number of anilines is 2. The number of amides is 2. The van der Waals surface area contributed by atoms with Crippen molar-refractivity contribution < 1.29 is 9.53 Å². The molecule has 7 nitrogen and oxygen atoms in total. The standard InChI is InChI=1S/C18H23N5O2/c1-13-11-23(12-14(2)25-13)17-6-5-16(10-20-17)22-18(24)21-9-15-4-3-7-19-8-15/h3-8,10,13-14H,9,11-12H2,1-2H3,(H2,21,22,24)/t13-,14+. The van der Waals surface area contributed by atoms with E-state index in [1.54, 1.807) is 18.6 Å². The number of ether oxygens (including phenoxy) is 1. The molecule has 7 heteroatoms. The van der Waals surface area contributed by atoms with Crippen LogP contribution in [0.1, 0.15) is 19.4 Å². The van der Waals surface area contributed by atoms with Gasteiger partial charge in [-0.3, -0.25) is 4.98 Å². The van der Waals surface area contributed by atoms with E-state index in [1.165, 1.54) is 0 Å². The summed E-state index contributed by atoms with van der Waals surface area (Å²) >= 11 is 0. The summed E-state index contributed by atoms with van der Waals surface area (Å²) in [5, 5.41) is 5.58. The molecule has 0 spiro atoms. The maximum absolute atomic E-state index is 12.0. The Hall–Kier alpha value is -2.67. The summed E-state index contributed by atoms with van der Waals surface area (Å²) in [4.78, 5) is 22.6. The molecule has 2 aromatic heterocycles. The number of urea groups is 1. The van der Waals surface area contributed by atoms with Gasteiger partial charge in [-0.05, 0) is 37.6 Å². The maximum atomic E-state index is 12.0. The van der Waals surface area contributed by atoms with Crippen molar-refractivity contribution >= 4 is 17.5 Å². The maximum Gasteiger partial charge on any atom is 0.319 e. The number of nitrogens with zero attached hydrogens (tertiary/aromatic N) is 3. The predicted octanol–water partition coefficient (Wildman–Crippen LogP) is 2.41. The van der Waals surface area contributed by atoms with Crippen LogP contribution in [-0.2, 0) is 11.3 Å². The van der Waals surface area contributed by atoms with Crippen LogP contribution in [-0.4, -0.2) is 41.3 Å². The van der Waals surface area contributed by atoms with Crippen molar-refractivity contribution in [1.29, 1.82) is 0 Å². The van der Waals surface area contributed by atoms with Crippen LogP contribution in [0.15, 0.2) is 42.9 Å². The molecule has 2 aromatic rings. The largest absolute Gasteiger partial charge is 0.372 e. The van der Waals surface area contributed by atoms with Gasteiger partial charge in [-0.1, -0.05) is 6.07 Å². The summed E-state index contributed by atoms with van der Waals surface area (Å²) in [5.74, 6) is 0.892. The SMILES string of the molecule is C[C@@H]1CN(c2ccc(NC(=O)NCc3cccnc3)cn2)C[C@H](C)O1. The quantitative estimate of drug-likeness (QED) is 0.893. The molecule has 3 rings (SSSR count). The number of hydrogen-bond acceptors (Lipinski definition) is 5. The van der Waals surface area contributed by atoms with Gasteiger partial charge >= 0.3 is 6.03 Å². The normalized spacial score (nSPS) is 20.2. The van der Waals surface area contributed by atoms with E-state index >= 15 is 0 Å². The molecule has 1 aliphatic heterocycles. The van der Waals surface area contributed by atoms with Gasteiger partial charge in [-0.25, -0.2) is 9.78 Å². The lowest BCUT2D eigenvalue weighted by Crippen LogP contribution is -2.45. The summed E-state index contributed by atoms with van der Waals surface area (Å²) in [6, 6.07) is 7.25. The molecule has 2 N–H and O–H groups in total. The van der Waals surface area contributed by atoms with Gasteiger partial charge in [0.25, 0.3) is 0 Å². The molecule has 1 saturated heterocycles. The molecular formula is C18H23N5O2. The lowest BCUT2D eigenvalue weighted by molar-refractivity contribution is -0.00545. The first-order valence-electron chi connectivity index (χ1n) is 8.40. The van der Waals surface area contributed by atoms with Crippen molar-refractivity contribution in [2.24, 2.45) is 0 Å². The van der Waals surface area contributed by atoms with Crippen LogP contribution in [0, 0.1) is 0 Å². The summed E-state index contributed by atoms with van der Waals surface area (Å²) in [5.41, 5.74) is 1.60. The highest BCUT2D eigenvalue weighted by atomic mass is 16.5. The minimum atomic E-state index is -0.271. The first-order valence-corrected chi connectivity index (χ1v) is 8.40. The van der Waals surface area contributed by atoms with E-state index in [2.05, 4.69) is 39.3 Å². The summed E-state index contributed by atoms with van der Waals surface area (Å²) in [7, 11) is 0. The molecule has 0 aliphatic carbocycles. The third-order valence-electron chi connectivity index (χ3n) is 3.93. The van der Waals surface area contributed by atoms with E-state index in [1.807, 2.05) is 24.3 Å². The fourth-order valence-corrected chi connectivity index (χ4v) is 2.87. The number of morpholine rings is 1. The van der Waals surface area contributed by atoms with Gasteiger partial charge in [0.2, 0.25) is 0 Å². The third kappa shape index (κ3) is 4.90. The van der Waals surface area contributed by atoms with Crippen molar-refractivity contribution in [2.75, 3.05) is 23.3 Å². The van der Waals surface area contributed by atoms with Crippen LogP contribution in [0.4, 0.5) is 16.3 Å². The average molecular weight is 341 g/mol. The van der Waals surface area contributed by atoms with E-state index in [4.69, 9.17) is 4.74 Å². The molecule has 0 aromatic carbocycles. The highest BCUT2D eigenvalue weighted by molar-refractivity contribution is 5.89. The second-order valence-corrected chi connectivity index (χ2v) is 6.24. The van der Waals surface area contributed by atoms with E-state index < -0.39 is 0 Å².